The van der Waals surface area contributed by atoms with Crippen LogP contribution < -0.4 is 0 Å². The van der Waals surface area contributed by atoms with Crippen molar-refractivity contribution >= 4 is 28.8 Å². The van der Waals surface area contributed by atoms with Crippen molar-refractivity contribution < 1.29 is 14.8 Å². The van der Waals surface area contributed by atoms with E-state index in [-0.39, 0.29) is 22.7 Å². The molecule has 2 rings (SSSR count). The quantitative estimate of drug-likeness (QED) is 0.682. The second-order valence-electron chi connectivity index (χ2n) is 4.14. The molecule has 0 saturated carbocycles. The Hall–Kier alpha value is -2.40. The molecule has 5 nitrogen and oxygen atoms in total. The molecule has 1 N–H and O–H groups in total. The fourth-order valence-corrected chi connectivity index (χ4v) is 2.09. The predicted octanol–water partition coefficient (Wildman–Crippen LogP) is 3.52. The first kappa shape index (κ1) is 14.0. The fraction of sp³-hybridized carbons (Fsp3) is 0.0714. The number of carboxylic acids is 1. The minimum atomic E-state index is -1.05. The number of aliphatic carboxylic acids is 1. The molecule has 0 aromatic heterocycles. The van der Waals surface area contributed by atoms with Crippen molar-refractivity contribution in [2.24, 2.45) is 0 Å². The van der Waals surface area contributed by atoms with E-state index in [2.05, 4.69) is 0 Å². The first-order valence-electron chi connectivity index (χ1n) is 5.74. The lowest BCUT2D eigenvalue weighted by molar-refractivity contribution is -0.384. The highest BCUT2D eigenvalue weighted by molar-refractivity contribution is 6.34. The third kappa shape index (κ3) is 2.95. The van der Waals surface area contributed by atoms with E-state index in [4.69, 9.17) is 16.7 Å². The van der Waals surface area contributed by atoms with Gasteiger partial charge < -0.3 is 5.11 Å². The Balaban J connectivity index is 2.40. The van der Waals surface area contributed by atoms with Crippen LogP contribution in [-0.2, 0) is 4.79 Å². The molecule has 0 fully saturated rings. The molecular formula is C14H10ClNO4. The highest BCUT2D eigenvalue weighted by atomic mass is 35.5. The number of non-ortho nitro benzene ring substituents is 1. The molecule has 0 aliphatic heterocycles. The molecule has 1 aliphatic rings. The Labute approximate surface area is 119 Å². The molecule has 0 saturated heterocycles. The second kappa shape index (κ2) is 5.71. The van der Waals surface area contributed by atoms with Crippen molar-refractivity contribution in [3.05, 3.63) is 68.8 Å². The summed E-state index contributed by atoms with van der Waals surface area (Å²) in [7, 11) is 0. The molecule has 1 aromatic carbocycles. The maximum atomic E-state index is 11.0. The minimum absolute atomic E-state index is 0.000171. The Bertz CT molecular complexity index is 656. The van der Waals surface area contributed by atoms with E-state index in [1.54, 1.807) is 30.4 Å². The van der Waals surface area contributed by atoms with Crippen LogP contribution in [0.2, 0.25) is 0 Å². The van der Waals surface area contributed by atoms with E-state index in [0.717, 1.165) is 5.56 Å². The van der Waals surface area contributed by atoms with Crippen LogP contribution in [0.3, 0.4) is 0 Å². The van der Waals surface area contributed by atoms with Gasteiger partial charge >= 0.3 is 5.97 Å². The zero-order chi connectivity index (χ0) is 14.7. The molecule has 0 atom stereocenters. The van der Waals surface area contributed by atoms with Gasteiger partial charge in [-0.3, -0.25) is 10.1 Å². The molecule has 102 valence electrons. The van der Waals surface area contributed by atoms with Gasteiger partial charge in [-0.1, -0.05) is 23.8 Å². The van der Waals surface area contributed by atoms with Crippen molar-refractivity contribution in [1.82, 2.24) is 0 Å². The summed E-state index contributed by atoms with van der Waals surface area (Å²) in [5.41, 5.74) is 1.57. The number of rotatable bonds is 3. The molecule has 0 radical (unpaired) electrons. The van der Waals surface area contributed by atoms with Crippen LogP contribution in [0, 0.1) is 10.1 Å². The number of nitrogens with zero attached hydrogens (tertiary/aromatic N) is 1. The summed E-state index contributed by atoms with van der Waals surface area (Å²) in [4.78, 5) is 21.1. The zero-order valence-corrected chi connectivity index (χ0v) is 11.0. The number of halogens is 1. The number of hydrogen-bond donors (Lipinski definition) is 1. The largest absolute Gasteiger partial charge is 0.478 e. The normalized spacial score (nSPS) is 14.8. The van der Waals surface area contributed by atoms with Crippen LogP contribution in [0.1, 0.15) is 12.0 Å². The number of carbonyl (C=O) groups is 1. The lowest BCUT2D eigenvalue weighted by atomic mass is 10.1. The first-order valence-corrected chi connectivity index (χ1v) is 6.12. The van der Waals surface area contributed by atoms with Gasteiger partial charge in [-0.05, 0) is 35.8 Å². The fourth-order valence-electron chi connectivity index (χ4n) is 1.82. The van der Waals surface area contributed by atoms with Gasteiger partial charge in [-0.25, -0.2) is 4.79 Å². The summed E-state index contributed by atoms with van der Waals surface area (Å²) in [5.74, 6) is -1.05. The third-order valence-corrected chi connectivity index (χ3v) is 3.20. The number of benzene rings is 1. The molecule has 0 heterocycles. The van der Waals surface area contributed by atoms with Crippen molar-refractivity contribution in [2.45, 2.75) is 6.42 Å². The summed E-state index contributed by atoms with van der Waals surface area (Å²) in [6.45, 7) is 0. The van der Waals surface area contributed by atoms with Crippen LogP contribution in [0.4, 0.5) is 5.69 Å². The Morgan fingerprint density at radius 3 is 2.50 bits per heavy atom. The predicted molar refractivity (Wildman–Crippen MR) is 75.3 cm³/mol. The number of nitro benzene ring substituents is 1. The van der Waals surface area contributed by atoms with Gasteiger partial charge in [0.05, 0.1) is 15.5 Å². The second-order valence-corrected chi connectivity index (χ2v) is 4.55. The van der Waals surface area contributed by atoms with Crippen molar-refractivity contribution in [3.63, 3.8) is 0 Å². The topological polar surface area (TPSA) is 80.4 Å². The smallest absolute Gasteiger partial charge is 0.333 e. The number of carboxylic acid groups (broad SMARTS) is 1. The van der Waals surface area contributed by atoms with Crippen LogP contribution in [0.5, 0.6) is 0 Å². The maximum absolute atomic E-state index is 11.0. The van der Waals surface area contributed by atoms with Gasteiger partial charge in [0.15, 0.2) is 0 Å². The molecule has 0 bridgehead atoms. The van der Waals surface area contributed by atoms with E-state index in [0.29, 0.717) is 5.57 Å². The van der Waals surface area contributed by atoms with Crippen LogP contribution in [-0.4, -0.2) is 16.0 Å². The van der Waals surface area contributed by atoms with Crippen LogP contribution >= 0.6 is 11.6 Å². The van der Waals surface area contributed by atoms with Crippen LogP contribution in [0.25, 0.3) is 5.57 Å². The Morgan fingerprint density at radius 2 is 1.95 bits per heavy atom. The average molecular weight is 292 g/mol. The van der Waals surface area contributed by atoms with Gasteiger partial charge in [0.25, 0.3) is 5.69 Å². The summed E-state index contributed by atoms with van der Waals surface area (Å²) < 4.78 is 0. The monoisotopic (exact) mass is 291 g/mol. The molecule has 1 aromatic rings. The lowest BCUT2D eigenvalue weighted by Gasteiger charge is -2.02. The van der Waals surface area contributed by atoms with Gasteiger partial charge in [0.1, 0.15) is 0 Å². The van der Waals surface area contributed by atoms with E-state index in [1.165, 1.54) is 12.1 Å². The van der Waals surface area contributed by atoms with Gasteiger partial charge in [0, 0.05) is 12.1 Å². The standard InChI is InChI=1S/C14H10ClNO4/c15-13-8-10(2-1-3-12(13)14(17)18)9-4-6-11(7-5-9)16(19)20/h1-2,4-8H,3H2,(H,17,18). The highest BCUT2D eigenvalue weighted by Gasteiger charge is 2.14. The molecule has 6 heteroatoms. The van der Waals surface area contributed by atoms with E-state index >= 15 is 0 Å². The maximum Gasteiger partial charge on any atom is 0.333 e. The molecule has 0 amide bonds. The highest BCUT2D eigenvalue weighted by Crippen LogP contribution is 2.27. The number of nitro groups is 1. The van der Waals surface area contributed by atoms with E-state index in [1.807, 2.05) is 0 Å². The van der Waals surface area contributed by atoms with E-state index < -0.39 is 10.9 Å². The number of allylic oxidation sites excluding steroid dienone is 5. The molecule has 0 unspecified atom stereocenters. The number of hydrogen-bond acceptors (Lipinski definition) is 3. The average Bonchev–Trinajstić information content (AvgIpc) is 2.60. The Kier molecular flexibility index (Phi) is 4.00. The zero-order valence-electron chi connectivity index (χ0n) is 10.2. The summed E-state index contributed by atoms with van der Waals surface area (Å²) in [6.07, 6.45) is 5.24. The molecule has 1 aliphatic carbocycles. The molecule has 20 heavy (non-hydrogen) atoms. The summed E-state index contributed by atoms with van der Waals surface area (Å²) in [5, 5.41) is 19.8. The van der Waals surface area contributed by atoms with Gasteiger partial charge in [-0.15, -0.1) is 0 Å². The Morgan fingerprint density at radius 1 is 1.30 bits per heavy atom. The van der Waals surface area contributed by atoms with E-state index in [9.17, 15) is 14.9 Å². The summed E-state index contributed by atoms with van der Waals surface area (Å²) in [6, 6.07) is 5.99. The van der Waals surface area contributed by atoms with Gasteiger partial charge in [0.2, 0.25) is 0 Å². The molecule has 0 spiro atoms. The molecular weight excluding hydrogens is 282 g/mol. The third-order valence-electron chi connectivity index (χ3n) is 2.86. The van der Waals surface area contributed by atoms with Crippen molar-refractivity contribution in [2.75, 3.05) is 0 Å². The summed E-state index contributed by atoms with van der Waals surface area (Å²) >= 11 is 5.98. The first-order chi connectivity index (χ1) is 9.49. The van der Waals surface area contributed by atoms with Crippen molar-refractivity contribution in [3.8, 4) is 0 Å². The minimum Gasteiger partial charge on any atom is -0.478 e. The van der Waals surface area contributed by atoms with Crippen LogP contribution in [0.15, 0.2) is 53.1 Å². The lowest BCUT2D eigenvalue weighted by Crippen LogP contribution is -2.00. The van der Waals surface area contributed by atoms with Gasteiger partial charge in [-0.2, -0.15) is 0 Å². The SMILES string of the molecule is O=C(O)C1=C(Cl)C=C(c2ccc([N+](=O)[O-])cc2)C=CC1. The van der Waals surface area contributed by atoms with Crippen molar-refractivity contribution in [1.29, 1.82) is 0 Å².